The van der Waals surface area contributed by atoms with E-state index in [0.717, 1.165) is 20.1 Å². The predicted molar refractivity (Wildman–Crippen MR) is 83.7 cm³/mol. The molecule has 0 aromatic heterocycles. The zero-order valence-electron chi connectivity index (χ0n) is 10.5. The average Bonchev–Trinajstić information content (AvgIpc) is 2.39. The standard InChI is InChI=1S/C15H14Br2FN/c1-19-15(8-10-4-2-3-5-14(10)18)12-7-6-11(16)9-13(12)17/h2-7,9,15,19H,8H2,1H3. The summed E-state index contributed by atoms with van der Waals surface area (Å²) in [4.78, 5) is 0. The Morgan fingerprint density at radius 3 is 2.53 bits per heavy atom. The highest BCUT2D eigenvalue weighted by atomic mass is 79.9. The molecule has 0 aliphatic carbocycles. The van der Waals surface area contributed by atoms with Gasteiger partial charge in [0, 0.05) is 15.0 Å². The highest BCUT2D eigenvalue weighted by Crippen LogP contribution is 2.29. The fraction of sp³-hybridized carbons (Fsp3) is 0.200. The van der Waals surface area contributed by atoms with E-state index in [2.05, 4.69) is 37.2 Å². The van der Waals surface area contributed by atoms with E-state index in [4.69, 9.17) is 0 Å². The van der Waals surface area contributed by atoms with Crippen molar-refractivity contribution in [3.63, 3.8) is 0 Å². The highest BCUT2D eigenvalue weighted by molar-refractivity contribution is 9.11. The van der Waals surface area contributed by atoms with Gasteiger partial charge >= 0.3 is 0 Å². The van der Waals surface area contributed by atoms with E-state index < -0.39 is 0 Å². The summed E-state index contributed by atoms with van der Waals surface area (Å²) >= 11 is 6.99. The minimum Gasteiger partial charge on any atom is -0.313 e. The second-order valence-electron chi connectivity index (χ2n) is 4.30. The van der Waals surface area contributed by atoms with Gasteiger partial charge in [0.25, 0.3) is 0 Å². The van der Waals surface area contributed by atoms with Gasteiger partial charge in [0.1, 0.15) is 5.82 Å². The smallest absolute Gasteiger partial charge is 0.126 e. The zero-order chi connectivity index (χ0) is 13.8. The molecule has 0 bridgehead atoms. The minimum absolute atomic E-state index is 0.0689. The summed E-state index contributed by atoms with van der Waals surface area (Å²) in [5, 5.41) is 3.24. The monoisotopic (exact) mass is 385 g/mol. The van der Waals surface area contributed by atoms with Gasteiger partial charge < -0.3 is 5.32 Å². The van der Waals surface area contributed by atoms with Gasteiger partial charge in [-0.3, -0.25) is 0 Å². The normalized spacial score (nSPS) is 12.4. The molecular weight excluding hydrogens is 373 g/mol. The van der Waals surface area contributed by atoms with Crippen molar-refractivity contribution in [1.82, 2.24) is 5.32 Å². The summed E-state index contributed by atoms with van der Waals surface area (Å²) in [6.45, 7) is 0. The number of likely N-dealkylation sites (N-methyl/N-ethyl adjacent to an activating group) is 1. The summed E-state index contributed by atoms with van der Waals surface area (Å²) in [6.07, 6.45) is 0.614. The maximum atomic E-state index is 13.7. The molecule has 2 aromatic rings. The van der Waals surface area contributed by atoms with E-state index in [1.165, 1.54) is 6.07 Å². The molecule has 100 valence electrons. The molecule has 0 saturated carbocycles. The lowest BCUT2D eigenvalue weighted by Gasteiger charge is -2.19. The Balaban J connectivity index is 2.28. The predicted octanol–water partition coefficient (Wildman–Crippen LogP) is 4.85. The molecule has 0 fully saturated rings. The van der Waals surface area contributed by atoms with E-state index in [1.54, 1.807) is 6.07 Å². The summed E-state index contributed by atoms with van der Waals surface area (Å²) in [5.41, 5.74) is 1.84. The Morgan fingerprint density at radius 2 is 1.89 bits per heavy atom. The molecule has 2 aromatic carbocycles. The van der Waals surface area contributed by atoms with Crippen LogP contribution in [-0.4, -0.2) is 7.05 Å². The molecule has 0 spiro atoms. The quantitative estimate of drug-likeness (QED) is 0.791. The van der Waals surface area contributed by atoms with Crippen LogP contribution in [0.15, 0.2) is 51.4 Å². The van der Waals surface area contributed by atoms with Crippen LogP contribution in [0.4, 0.5) is 4.39 Å². The van der Waals surface area contributed by atoms with Crippen molar-refractivity contribution in [3.05, 3.63) is 68.4 Å². The molecule has 2 rings (SSSR count). The fourth-order valence-corrected chi connectivity index (χ4v) is 3.36. The number of rotatable bonds is 4. The topological polar surface area (TPSA) is 12.0 Å². The maximum absolute atomic E-state index is 13.7. The van der Waals surface area contributed by atoms with Crippen LogP contribution in [0, 0.1) is 5.82 Å². The molecule has 1 N–H and O–H groups in total. The van der Waals surface area contributed by atoms with Gasteiger partial charge in [0.15, 0.2) is 0 Å². The summed E-state index contributed by atoms with van der Waals surface area (Å²) in [6, 6.07) is 13.0. The number of hydrogen-bond acceptors (Lipinski definition) is 1. The van der Waals surface area contributed by atoms with E-state index in [1.807, 2.05) is 37.4 Å². The molecule has 0 heterocycles. The van der Waals surface area contributed by atoms with Gasteiger partial charge in [-0.1, -0.05) is 56.1 Å². The van der Waals surface area contributed by atoms with Crippen LogP contribution >= 0.6 is 31.9 Å². The lowest BCUT2D eigenvalue weighted by molar-refractivity contribution is 0.553. The Bertz CT molecular complexity index is 572. The molecule has 1 nitrogen and oxygen atoms in total. The average molecular weight is 387 g/mol. The molecule has 1 unspecified atom stereocenters. The first kappa shape index (κ1) is 14.7. The van der Waals surface area contributed by atoms with Crippen LogP contribution in [0.1, 0.15) is 17.2 Å². The Kier molecular flexibility index (Phi) is 5.13. The van der Waals surface area contributed by atoms with Gasteiger partial charge in [0.2, 0.25) is 0 Å². The second kappa shape index (κ2) is 6.64. The van der Waals surface area contributed by atoms with Crippen molar-refractivity contribution in [2.45, 2.75) is 12.5 Å². The number of nitrogens with one attached hydrogen (secondary N) is 1. The third-order valence-electron chi connectivity index (χ3n) is 3.07. The van der Waals surface area contributed by atoms with Crippen molar-refractivity contribution in [2.75, 3.05) is 7.05 Å². The fourth-order valence-electron chi connectivity index (χ4n) is 2.04. The van der Waals surface area contributed by atoms with Gasteiger partial charge in [-0.25, -0.2) is 4.39 Å². The van der Waals surface area contributed by atoms with Crippen molar-refractivity contribution in [3.8, 4) is 0 Å². The van der Waals surface area contributed by atoms with Crippen molar-refractivity contribution in [1.29, 1.82) is 0 Å². The van der Waals surface area contributed by atoms with Gasteiger partial charge in [-0.05, 0) is 42.8 Å². The van der Waals surface area contributed by atoms with E-state index in [9.17, 15) is 4.39 Å². The summed E-state index contributed by atoms with van der Waals surface area (Å²) in [7, 11) is 1.89. The van der Waals surface area contributed by atoms with Crippen molar-refractivity contribution >= 4 is 31.9 Å². The van der Waals surface area contributed by atoms with E-state index in [-0.39, 0.29) is 11.9 Å². The number of benzene rings is 2. The van der Waals surface area contributed by atoms with Gasteiger partial charge in [0.05, 0.1) is 0 Å². The molecule has 1 atom stereocenters. The molecule has 0 saturated heterocycles. The first-order valence-electron chi connectivity index (χ1n) is 5.97. The third-order valence-corrected chi connectivity index (χ3v) is 4.25. The van der Waals surface area contributed by atoms with Gasteiger partial charge in [-0.15, -0.1) is 0 Å². The Hall–Kier alpha value is -0.710. The SMILES string of the molecule is CNC(Cc1ccccc1F)c1ccc(Br)cc1Br. The van der Waals surface area contributed by atoms with E-state index in [0.29, 0.717) is 6.42 Å². The third kappa shape index (κ3) is 3.65. The van der Waals surface area contributed by atoms with E-state index >= 15 is 0 Å². The van der Waals surface area contributed by atoms with Crippen LogP contribution in [0.3, 0.4) is 0 Å². The van der Waals surface area contributed by atoms with Crippen LogP contribution in [0.2, 0.25) is 0 Å². The number of hydrogen-bond donors (Lipinski definition) is 1. The highest BCUT2D eigenvalue weighted by Gasteiger charge is 2.15. The second-order valence-corrected chi connectivity index (χ2v) is 6.07. The molecule has 19 heavy (non-hydrogen) atoms. The molecular formula is C15H14Br2FN. The van der Waals surface area contributed by atoms with Crippen LogP contribution in [0.25, 0.3) is 0 Å². The van der Waals surface area contributed by atoms with Crippen molar-refractivity contribution < 1.29 is 4.39 Å². The first-order chi connectivity index (χ1) is 9.11. The maximum Gasteiger partial charge on any atom is 0.126 e. The lowest BCUT2D eigenvalue weighted by atomic mass is 9.99. The molecule has 0 aliphatic heterocycles. The summed E-state index contributed by atoms with van der Waals surface area (Å²) < 4.78 is 15.7. The zero-order valence-corrected chi connectivity index (χ0v) is 13.6. The van der Waals surface area contributed by atoms with Gasteiger partial charge in [-0.2, -0.15) is 0 Å². The van der Waals surface area contributed by atoms with Crippen LogP contribution < -0.4 is 5.32 Å². The first-order valence-corrected chi connectivity index (χ1v) is 7.56. The molecule has 0 amide bonds. The Morgan fingerprint density at radius 1 is 1.16 bits per heavy atom. The van der Waals surface area contributed by atoms with Crippen molar-refractivity contribution in [2.24, 2.45) is 0 Å². The molecule has 0 aliphatic rings. The minimum atomic E-state index is -0.156. The summed E-state index contributed by atoms with van der Waals surface area (Å²) in [5.74, 6) is -0.156. The largest absolute Gasteiger partial charge is 0.313 e. The van der Waals surface area contributed by atoms with Crippen LogP contribution in [0.5, 0.6) is 0 Å². The lowest BCUT2D eigenvalue weighted by Crippen LogP contribution is -2.19. The Labute approximate surface area is 129 Å². The number of halogens is 3. The molecule has 0 radical (unpaired) electrons. The molecule has 4 heteroatoms. The van der Waals surface area contributed by atoms with Crippen LogP contribution in [-0.2, 0) is 6.42 Å².